The summed E-state index contributed by atoms with van der Waals surface area (Å²) in [5.41, 5.74) is 1.59. The summed E-state index contributed by atoms with van der Waals surface area (Å²) in [6.07, 6.45) is 0.316. The van der Waals surface area contributed by atoms with Gasteiger partial charge in [-0.2, -0.15) is 0 Å². The summed E-state index contributed by atoms with van der Waals surface area (Å²) in [6.45, 7) is 2.51. The monoisotopic (exact) mass is 415 g/mol. The highest BCUT2D eigenvalue weighted by Gasteiger charge is 2.32. The van der Waals surface area contributed by atoms with Gasteiger partial charge in [-0.1, -0.05) is 36.4 Å². The number of carbonyl (C=O) groups is 2. The van der Waals surface area contributed by atoms with Crippen LogP contribution in [0.2, 0.25) is 0 Å². The summed E-state index contributed by atoms with van der Waals surface area (Å²) in [4.78, 5) is 27.0. The Morgan fingerprint density at radius 2 is 1.93 bits per heavy atom. The number of benzene rings is 2. The summed E-state index contributed by atoms with van der Waals surface area (Å²) in [5.74, 6) is -0.250. The van der Waals surface area contributed by atoms with Crippen molar-refractivity contribution >= 4 is 29.3 Å². The molecule has 154 valence electrons. The van der Waals surface area contributed by atoms with Gasteiger partial charge in [0.1, 0.15) is 11.9 Å². The fourth-order valence-electron chi connectivity index (χ4n) is 3.18. The van der Waals surface area contributed by atoms with Crippen molar-refractivity contribution in [3.63, 3.8) is 0 Å². The molecule has 2 N–H and O–H groups in total. The number of hydrogen-bond acceptors (Lipinski definition) is 4. The third-order valence-corrected chi connectivity index (χ3v) is 6.46. The molecule has 0 spiro atoms. The molecule has 2 aromatic rings. The molecule has 1 aliphatic heterocycles. The van der Waals surface area contributed by atoms with Crippen LogP contribution in [0.25, 0.3) is 0 Å². The molecule has 1 saturated heterocycles. The third-order valence-electron chi connectivity index (χ3n) is 5.15. The number of likely N-dealkylation sites (N-methyl/N-ethyl adjacent to an activating group) is 1. The Morgan fingerprint density at radius 3 is 2.62 bits per heavy atom. The minimum atomic E-state index is -0.571. The van der Waals surface area contributed by atoms with E-state index >= 15 is 0 Å². The van der Waals surface area contributed by atoms with Gasteiger partial charge >= 0.3 is 0 Å². The Morgan fingerprint density at radius 1 is 1.24 bits per heavy atom. The lowest BCUT2D eigenvalue weighted by atomic mass is 10.1. The van der Waals surface area contributed by atoms with Crippen LogP contribution in [0, 0.1) is 5.82 Å². The summed E-state index contributed by atoms with van der Waals surface area (Å²) in [5, 5.41) is 5.32. The van der Waals surface area contributed by atoms with Crippen LogP contribution >= 0.6 is 11.8 Å². The second-order valence-corrected chi connectivity index (χ2v) is 8.46. The van der Waals surface area contributed by atoms with Gasteiger partial charge in [0.05, 0.1) is 5.25 Å². The molecule has 5 nitrogen and oxygen atoms in total. The zero-order valence-electron chi connectivity index (χ0n) is 16.6. The number of halogens is 1. The number of anilines is 1. The zero-order valence-corrected chi connectivity index (χ0v) is 17.4. The molecule has 3 atom stereocenters. The first-order valence-corrected chi connectivity index (χ1v) is 10.7. The molecule has 0 unspecified atom stereocenters. The van der Waals surface area contributed by atoms with E-state index in [1.54, 1.807) is 18.2 Å². The molecule has 0 saturated carbocycles. The largest absolute Gasteiger partial charge is 0.370 e. The molecule has 0 aliphatic carbocycles. The molecule has 7 heteroatoms. The van der Waals surface area contributed by atoms with E-state index in [0.717, 1.165) is 5.69 Å². The summed E-state index contributed by atoms with van der Waals surface area (Å²) >= 11 is 1.40. The highest BCUT2D eigenvalue weighted by atomic mass is 32.2. The lowest BCUT2D eigenvalue weighted by molar-refractivity contribution is -0.128. The summed E-state index contributed by atoms with van der Waals surface area (Å²) in [7, 11) is 1.98. The van der Waals surface area contributed by atoms with Gasteiger partial charge in [0.25, 0.3) is 0 Å². The van der Waals surface area contributed by atoms with Crippen LogP contribution < -0.4 is 15.5 Å². The third kappa shape index (κ3) is 5.50. The van der Waals surface area contributed by atoms with Crippen molar-refractivity contribution in [2.24, 2.45) is 0 Å². The van der Waals surface area contributed by atoms with Crippen molar-refractivity contribution in [1.29, 1.82) is 0 Å². The minimum Gasteiger partial charge on any atom is -0.370 e. The van der Waals surface area contributed by atoms with Gasteiger partial charge in [-0.3, -0.25) is 9.59 Å². The summed E-state index contributed by atoms with van der Waals surface area (Å²) in [6, 6.07) is 16.0. The van der Waals surface area contributed by atoms with E-state index in [1.807, 2.05) is 44.3 Å². The number of rotatable bonds is 7. The molecule has 3 rings (SSSR count). The van der Waals surface area contributed by atoms with Gasteiger partial charge in [-0.15, -0.1) is 11.8 Å². The second kappa shape index (κ2) is 9.78. The van der Waals surface area contributed by atoms with Crippen molar-refractivity contribution in [2.75, 3.05) is 24.2 Å². The van der Waals surface area contributed by atoms with E-state index < -0.39 is 6.04 Å². The number of nitrogens with one attached hydrogen (secondary N) is 2. The van der Waals surface area contributed by atoms with E-state index in [1.165, 1.54) is 17.8 Å². The molecule has 1 aliphatic rings. The highest BCUT2D eigenvalue weighted by molar-refractivity contribution is 8.00. The van der Waals surface area contributed by atoms with Crippen molar-refractivity contribution in [3.8, 4) is 0 Å². The fraction of sp³-hybridized carbons (Fsp3) is 0.364. The highest BCUT2D eigenvalue weighted by Crippen LogP contribution is 2.23. The molecule has 1 fully saturated rings. The average molecular weight is 416 g/mol. The Hall–Kier alpha value is -2.54. The number of amides is 2. The number of para-hydroxylation sites is 1. The SMILES string of the molecule is C[C@H](CNC(=O)[C@H]1CS[C@H](Cc2ccccc2F)C(=O)N1)N(C)c1ccccc1. The molecule has 0 aromatic heterocycles. The van der Waals surface area contributed by atoms with Crippen LogP contribution in [-0.4, -0.2) is 48.5 Å². The molecule has 1 heterocycles. The maximum Gasteiger partial charge on any atom is 0.243 e. The Kier molecular flexibility index (Phi) is 7.14. The van der Waals surface area contributed by atoms with E-state index in [4.69, 9.17) is 0 Å². The molecular formula is C22H26FN3O2S. The van der Waals surface area contributed by atoms with E-state index in [2.05, 4.69) is 15.5 Å². The first kappa shape index (κ1) is 21.2. The summed E-state index contributed by atoms with van der Waals surface area (Å²) < 4.78 is 13.8. The van der Waals surface area contributed by atoms with Crippen LogP contribution in [0.4, 0.5) is 10.1 Å². The van der Waals surface area contributed by atoms with Gasteiger partial charge in [0, 0.05) is 31.1 Å². The van der Waals surface area contributed by atoms with Crippen LogP contribution in [0.15, 0.2) is 54.6 Å². The molecule has 29 heavy (non-hydrogen) atoms. The zero-order chi connectivity index (χ0) is 20.8. The molecule has 2 aromatic carbocycles. The molecule has 0 bridgehead atoms. The normalized spacial score (nSPS) is 19.9. The van der Waals surface area contributed by atoms with Crippen molar-refractivity contribution in [1.82, 2.24) is 10.6 Å². The lowest BCUT2D eigenvalue weighted by Crippen LogP contribution is -2.55. The first-order valence-electron chi connectivity index (χ1n) is 9.66. The predicted molar refractivity (Wildman–Crippen MR) is 116 cm³/mol. The Bertz CT molecular complexity index is 849. The average Bonchev–Trinajstić information content (AvgIpc) is 2.74. The van der Waals surface area contributed by atoms with E-state index in [-0.39, 0.29) is 28.9 Å². The maximum absolute atomic E-state index is 13.8. The lowest BCUT2D eigenvalue weighted by Gasteiger charge is -2.30. The van der Waals surface area contributed by atoms with Gasteiger partial charge in [0.15, 0.2) is 0 Å². The van der Waals surface area contributed by atoms with Crippen LogP contribution in [0.5, 0.6) is 0 Å². The van der Waals surface area contributed by atoms with E-state index in [9.17, 15) is 14.0 Å². The van der Waals surface area contributed by atoms with Gasteiger partial charge in [-0.05, 0) is 37.1 Å². The Labute approximate surface area is 175 Å². The molecular weight excluding hydrogens is 389 g/mol. The molecule has 2 amide bonds. The minimum absolute atomic E-state index is 0.0992. The van der Waals surface area contributed by atoms with Gasteiger partial charge < -0.3 is 15.5 Å². The predicted octanol–water partition coefficient (Wildman–Crippen LogP) is 2.61. The first-order chi connectivity index (χ1) is 14.0. The second-order valence-electron chi connectivity index (χ2n) is 7.22. The fourth-order valence-corrected chi connectivity index (χ4v) is 4.35. The van der Waals surface area contributed by atoms with E-state index in [0.29, 0.717) is 24.3 Å². The van der Waals surface area contributed by atoms with Crippen molar-refractivity contribution in [3.05, 3.63) is 66.0 Å². The quantitative estimate of drug-likeness (QED) is 0.730. The van der Waals surface area contributed by atoms with Crippen LogP contribution in [0.3, 0.4) is 0 Å². The number of nitrogens with zero attached hydrogens (tertiary/aromatic N) is 1. The number of hydrogen-bond donors (Lipinski definition) is 2. The maximum atomic E-state index is 13.8. The smallest absolute Gasteiger partial charge is 0.243 e. The van der Waals surface area contributed by atoms with Gasteiger partial charge in [0.2, 0.25) is 11.8 Å². The Balaban J connectivity index is 1.48. The topological polar surface area (TPSA) is 61.4 Å². The number of thioether (sulfide) groups is 1. The van der Waals surface area contributed by atoms with Crippen LogP contribution in [0.1, 0.15) is 12.5 Å². The van der Waals surface area contributed by atoms with Crippen molar-refractivity contribution < 1.29 is 14.0 Å². The van der Waals surface area contributed by atoms with Crippen LogP contribution in [-0.2, 0) is 16.0 Å². The molecule has 0 radical (unpaired) electrons. The standard InChI is InChI=1S/C22H26FN3O2S/c1-15(26(2)17-9-4-3-5-10-17)13-24-21(27)19-14-29-20(22(28)25-19)12-16-8-6-7-11-18(16)23/h3-11,15,19-20H,12-14H2,1-2H3,(H,24,27)(H,25,28)/t15-,19-,20-/m1/s1. The number of carbonyl (C=O) groups excluding carboxylic acids is 2. The van der Waals surface area contributed by atoms with Gasteiger partial charge in [-0.25, -0.2) is 4.39 Å². The van der Waals surface area contributed by atoms with Crippen molar-refractivity contribution in [2.45, 2.75) is 30.7 Å².